The van der Waals surface area contributed by atoms with E-state index in [1.807, 2.05) is 0 Å². The molecule has 11 heavy (non-hydrogen) atoms. The average molecular weight is 288 g/mol. The molecule has 0 aliphatic rings. The van der Waals surface area contributed by atoms with Crippen molar-refractivity contribution in [2.45, 2.75) is 0 Å². The molecule has 0 aromatic heterocycles. The summed E-state index contributed by atoms with van der Waals surface area (Å²) in [7, 11) is 0. The smallest absolute Gasteiger partial charge is 1.00 e. The van der Waals surface area contributed by atoms with Gasteiger partial charge in [-0.05, 0) is 0 Å². The van der Waals surface area contributed by atoms with Crippen LogP contribution < -0.4 is 163 Å². The van der Waals surface area contributed by atoms with Crippen molar-refractivity contribution in [3.8, 4) is 0 Å². The zero-order valence-electron chi connectivity index (χ0n) is 6.54. The van der Waals surface area contributed by atoms with Gasteiger partial charge in [0.05, 0.1) is 5.09 Å². The molecule has 11 heteroatoms. The summed E-state index contributed by atoms with van der Waals surface area (Å²) in [5, 5.41) is 14.8. The minimum atomic E-state index is -1.75. The first kappa shape index (κ1) is 58.7. The summed E-state index contributed by atoms with van der Waals surface area (Å²) < 4.78 is 0. The van der Waals surface area contributed by atoms with Crippen molar-refractivity contribution in [1.29, 1.82) is 0 Å². The van der Waals surface area contributed by atoms with Crippen molar-refractivity contribution in [3.63, 3.8) is 0 Å². The normalized spacial score (nSPS) is 2.18. The maximum atomic E-state index is 8.25. The Balaban J connectivity index is -0.00000000214. The zero-order valence-corrected chi connectivity index (χ0v) is 17.1. The van der Waals surface area contributed by atoms with E-state index < -0.39 is 5.09 Å². The number of hydrogen-bond acceptors (Lipinski definition) is 4. The van der Waals surface area contributed by atoms with E-state index in [0.29, 0.717) is 0 Å². The first-order valence-electron chi connectivity index (χ1n) is 0.548. The van der Waals surface area contributed by atoms with Gasteiger partial charge >= 0.3 is 132 Å². The molecule has 0 aromatic rings. The molecule has 0 saturated carbocycles. The quantitative estimate of drug-likeness (QED) is 0.271. The standard InChI is InChI=1S/3ClH.2K.NO3.H3N.Na/c;;;;;2-1(3)4;;/h3*1H;;;;1H3;/q;;;2*+1;-1;;+1/p-2. The van der Waals surface area contributed by atoms with Crippen LogP contribution in [0.3, 0.4) is 0 Å². The van der Waals surface area contributed by atoms with E-state index in [4.69, 9.17) is 15.3 Å². The van der Waals surface area contributed by atoms with E-state index in [1.54, 1.807) is 0 Å². The van der Waals surface area contributed by atoms with Gasteiger partial charge in [0.1, 0.15) is 0 Å². The Morgan fingerprint density at radius 2 is 1.00 bits per heavy atom. The van der Waals surface area contributed by atoms with Crippen molar-refractivity contribution in [2.24, 2.45) is 0 Å². The molecule has 0 fully saturated rings. The molecule has 5 nitrogen and oxygen atoms in total. The van der Waals surface area contributed by atoms with Gasteiger partial charge in [0.25, 0.3) is 0 Å². The van der Waals surface area contributed by atoms with Crippen LogP contribution in [0.5, 0.6) is 0 Å². The summed E-state index contributed by atoms with van der Waals surface area (Å²) >= 11 is 0. The van der Waals surface area contributed by atoms with Crippen molar-refractivity contribution in [1.82, 2.24) is 6.15 Å². The molecule has 0 spiro atoms. The average Bonchev–Trinajstić information content (AvgIpc) is 0.811. The Labute approximate surface area is 191 Å². The first-order valence-corrected chi connectivity index (χ1v) is 0.548. The molecule has 0 amide bonds. The van der Waals surface area contributed by atoms with E-state index in [0.717, 1.165) is 0 Å². The second kappa shape index (κ2) is 47.5. The fraction of sp³-hybridized carbons (Fsp3) is 0. The SMILES string of the molecule is Cl.N.O=[N+]([O-])[O-].[Cl-].[Cl-].[K+].[K+].[Na+]. The van der Waals surface area contributed by atoms with Gasteiger partial charge in [-0.25, -0.2) is 0 Å². The monoisotopic (exact) mass is 286 g/mol. The molecule has 0 aliphatic heterocycles. The third-order valence-electron chi connectivity index (χ3n) is 0. The Morgan fingerprint density at radius 3 is 1.00 bits per heavy atom. The molecule has 3 N–H and O–H groups in total. The number of rotatable bonds is 0. The molecule has 0 heterocycles. The van der Waals surface area contributed by atoms with Crippen LogP contribution in [0.25, 0.3) is 0 Å². The Bertz CT molecular complexity index is 47.6. The van der Waals surface area contributed by atoms with Crippen LogP contribution in [0, 0.1) is 15.3 Å². The van der Waals surface area contributed by atoms with Gasteiger partial charge in [-0.1, -0.05) is 0 Å². The van der Waals surface area contributed by atoms with Gasteiger partial charge in [-0.2, -0.15) is 0 Å². The van der Waals surface area contributed by atoms with Crippen molar-refractivity contribution >= 4 is 12.4 Å². The van der Waals surface area contributed by atoms with E-state index in [2.05, 4.69) is 0 Å². The summed E-state index contributed by atoms with van der Waals surface area (Å²) in [6, 6.07) is 0. The Hall–Kier alpha value is 4.30. The van der Waals surface area contributed by atoms with Crippen LogP contribution in [0.15, 0.2) is 0 Å². The van der Waals surface area contributed by atoms with Crippen LogP contribution in [-0.4, -0.2) is 5.09 Å². The van der Waals surface area contributed by atoms with Gasteiger partial charge < -0.3 is 46.3 Å². The summed E-state index contributed by atoms with van der Waals surface area (Å²) in [6.07, 6.45) is 0. The minimum absolute atomic E-state index is 0. The van der Waals surface area contributed by atoms with E-state index >= 15 is 0 Å². The summed E-state index contributed by atoms with van der Waals surface area (Å²) in [5.41, 5.74) is 0. The predicted octanol–water partition coefficient (Wildman–Crippen LogP) is -14.6. The predicted molar refractivity (Wildman–Crippen MR) is 22.6 cm³/mol. The maximum absolute atomic E-state index is 8.25. The van der Waals surface area contributed by atoms with E-state index in [-0.39, 0.29) is 176 Å². The Morgan fingerprint density at radius 1 is 1.00 bits per heavy atom. The second-order valence-corrected chi connectivity index (χ2v) is 0.224. The third kappa shape index (κ3) is 117. The largest absolute Gasteiger partial charge is 1.00 e. The molecule has 0 unspecified atom stereocenters. The zero-order chi connectivity index (χ0) is 3.58. The molecule has 0 radical (unpaired) electrons. The summed E-state index contributed by atoms with van der Waals surface area (Å²) in [4.78, 5) is 8.25. The molecular weight excluding hydrogens is 284 g/mol. The van der Waals surface area contributed by atoms with Crippen LogP contribution in [0.2, 0.25) is 0 Å². The maximum Gasteiger partial charge on any atom is 1.00 e. The first-order chi connectivity index (χ1) is 1.73. The van der Waals surface area contributed by atoms with Crippen LogP contribution in [0.1, 0.15) is 0 Å². The van der Waals surface area contributed by atoms with Crippen LogP contribution >= 0.6 is 12.4 Å². The summed E-state index contributed by atoms with van der Waals surface area (Å²) in [5.74, 6) is 0. The Kier molecular flexibility index (Phi) is 253. The van der Waals surface area contributed by atoms with Gasteiger partial charge in [0.2, 0.25) is 0 Å². The van der Waals surface area contributed by atoms with Crippen molar-refractivity contribution in [3.05, 3.63) is 15.3 Å². The van der Waals surface area contributed by atoms with Gasteiger partial charge in [-0.3, -0.25) is 0 Å². The van der Waals surface area contributed by atoms with E-state index in [1.165, 1.54) is 0 Å². The van der Waals surface area contributed by atoms with Crippen molar-refractivity contribution in [2.75, 3.05) is 0 Å². The van der Waals surface area contributed by atoms with Gasteiger partial charge in [0.15, 0.2) is 0 Å². The van der Waals surface area contributed by atoms with Gasteiger partial charge in [0, 0.05) is 0 Å². The molecule has 0 saturated heterocycles. The van der Waals surface area contributed by atoms with E-state index in [9.17, 15) is 0 Å². The summed E-state index contributed by atoms with van der Waals surface area (Å²) in [6.45, 7) is 0. The fourth-order valence-corrected chi connectivity index (χ4v) is 0. The number of hydrogen-bond donors (Lipinski definition) is 1. The molecular formula is H4Cl3K2N2NaO3. The fourth-order valence-electron chi connectivity index (χ4n) is 0. The molecule has 0 bridgehead atoms. The molecule has 0 rings (SSSR count). The minimum Gasteiger partial charge on any atom is -1.00 e. The molecule has 0 aliphatic carbocycles. The van der Waals surface area contributed by atoms with Crippen LogP contribution in [-0.2, 0) is 0 Å². The molecule has 56 valence electrons. The van der Waals surface area contributed by atoms with Crippen LogP contribution in [0.4, 0.5) is 0 Å². The second-order valence-electron chi connectivity index (χ2n) is 0.224. The van der Waals surface area contributed by atoms with Gasteiger partial charge in [-0.15, -0.1) is 12.4 Å². The number of nitrogens with zero attached hydrogens (tertiary/aromatic N) is 1. The topological polar surface area (TPSA) is 101 Å². The third-order valence-corrected chi connectivity index (χ3v) is 0. The molecule has 0 atom stereocenters. The van der Waals surface area contributed by atoms with Crippen molar-refractivity contribution < 1.29 is 162 Å². The molecule has 0 aromatic carbocycles. The number of halogens is 3.